The van der Waals surface area contributed by atoms with Gasteiger partial charge in [-0.1, -0.05) is 0 Å². The smallest absolute Gasteiger partial charge is 0.348 e. The minimum Gasteiger partial charge on any atom is -0.348 e. The van der Waals surface area contributed by atoms with Gasteiger partial charge in [-0.15, -0.1) is 0 Å². The summed E-state index contributed by atoms with van der Waals surface area (Å²) in [5.74, 6) is -1.25. The van der Waals surface area contributed by atoms with E-state index in [1.54, 1.807) is 0 Å². The molecule has 0 saturated heterocycles. The number of hydrogen-bond acceptors (Lipinski definition) is 3. The number of carbonyl (C=O) groups is 1. The minimum atomic E-state index is -5.12. The first kappa shape index (κ1) is 24.0. The fourth-order valence-corrected chi connectivity index (χ4v) is 2.47. The second-order valence-electron chi connectivity index (χ2n) is 6.08. The third-order valence-electron chi connectivity index (χ3n) is 3.86. The summed E-state index contributed by atoms with van der Waals surface area (Å²) in [6.07, 6.45) is -15.3. The third-order valence-corrected chi connectivity index (χ3v) is 3.86. The van der Waals surface area contributed by atoms with Gasteiger partial charge in [0.05, 0.1) is 16.1 Å². The molecular formula is C17H9F9N2O3. The SMILES string of the molecule is O=C(NCc1cc(C(F)(F)F)cc(C(F)(F)F)c1)c1ccc(C(F)(F)F)c([N+](=O)[O-])c1. The van der Waals surface area contributed by atoms with E-state index in [-0.39, 0.29) is 12.1 Å². The summed E-state index contributed by atoms with van der Waals surface area (Å²) in [5.41, 5.74) is -7.59. The molecule has 0 aliphatic rings. The number of carbonyl (C=O) groups excluding carboxylic acids is 1. The van der Waals surface area contributed by atoms with E-state index in [1.165, 1.54) is 0 Å². The number of halogens is 9. The van der Waals surface area contributed by atoms with Gasteiger partial charge in [0, 0.05) is 18.2 Å². The van der Waals surface area contributed by atoms with Crippen molar-refractivity contribution in [3.8, 4) is 0 Å². The molecule has 31 heavy (non-hydrogen) atoms. The Labute approximate surface area is 166 Å². The summed E-state index contributed by atoms with van der Waals surface area (Å²) in [6.45, 7) is -0.860. The van der Waals surface area contributed by atoms with E-state index in [1.807, 2.05) is 5.32 Å². The predicted molar refractivity (Wildman–Crippen MR) is 85.7 cm³/mol. The van der Waals surface area contributed by atoms with E-state index in [9.17, 15) is 54.4 Å². The van der Waals surface area contributed by atoms with Crippen LogP contribution in [0.3, 0.4) is 0 Å². The normalized spacial score (nSPS) is 12.5. The van der Waals surface area contributed by atoms with Gasteiger partial charge in [0.15, 0.2) is 0 Å². The van der Waals surface area contributed by atoms with Crippen molar-refractivity contribution in [1.82, 2.24) is 5.32 Å². The number of nitrogens with zero attached hydrogens (tertiary/aromatic N) is 1. The lowest BCUT2D eigenvalue weighted by atomic mass is 10.0. The Hall–Kier alpha value is -3.32. The van der Waals surface area contributed by atoms with Gasteiger partial charge < -0.3 is 5.32 Å². The molecule has 5 nitrogen and oxygen atoms in total. The van der Waals surface area contributed by atoms with E-state index in [2.05, 4.69) is 0 Å². The molecule has 0 atom stereocenters. The van der Waals surface area contributed by atoms with E-state index in [4.69, 9.17) is 0 Å². The molecule has 0 aromatic heterocycles. The van der Waals surface area contributed by atoms with Crippen molar-refractivity contribution in [2.45, 2.75) is 25.1 Å². The Kier molecular flexibility index (Phi) is 6.24. The van der Waals surface area contributed by atoms with Crippen LogP contribution in [0.5, 0.6) is 0 Å². The first-order chi connectivity index (χ1) is 14.0. The van der Waals surface area contributed by atoms with Crippen molar-refractivity contribution >= 4 is 11.6 Å². The minimum absolute atomic E-state index is 0.120. The highest BCUT2D eigenvalue weighted by atomic mass is 19.4. The monoisotopic (exact) mass is 460 g/mol. The molecule has 0 unspecified atom stereocenters. The molecule has 0 saturated carbocycles. The Morgan fingerprint density at radius 3 is 1.77 bits per heavy atom. The number of nitro groups is 1. The van der Waals surface area contributed by atoms with Gasteiger partial charge in [0.1, 0.15) is 5.56 Å². The van der Waals surface area contributed by atoms with E-state index < -0.39 is 69.4 Å². The summed E-state index contributed by atoms with van der Waals surface area (Å²) in [6, 6.07) is 1.73. The topological polar surface area (TPSA) is 72.2 Å². The second kappa shape index (κ2) is 8.07. The first-order valence-corrected chi connectivity index (χ1v) is 7.92. The molecule has 0 spiro atoms. The van der Waals surface area contributed by atoms with Gasteiger partial charge in [-0.2, -0.15) is 39.5 Å². The average Bonchev–Trinajstić information content (AvgIpc) is 2.63. The molecule has 0 radical (unpaired) electrons. The summed E-state index contributed by atoms with van der Waals surface area (Å²) in [4.78, 5) is 21.5. The Bertz CT molecular complexity index is 979. The van der Waals surface area contributed by atoms with Gasteiger partial charge >= 0.3 is 18.5 Å². The van der Waals surface area contributed by atoms with E-state index in [0.29, 0.717) is 24.3 Å². The van der Waals surface area contributed by atoms with Gasteiger partial charge in [0.25, 0.3) is 11.6 Å². The van der Waals surface area contributed by atoms with Gasteiger partial charge in [-0.25, -0.2) is 0 Å². The Morgan fingerprint density at radius 2 is 1.35 bits per heavy atom. The molecule has 2 rings (SSSR count). The molecular weight excluding hydrogens is 451 g/mol. The molecule has 168 valence electrons. The lowest BCUT2D eigenvalue weighted by molar-refractivity contribution is -0.388. The van der Waals surface area contributed by atoms with Crippen LogP contribution < -0.4 is 5.32 Å². The molecule has 0 aliphatic heterocycles. The number of alkyl halides is 9. The zero-order valence-electron chi connectivity index (χ0n) is 14.7. The van der Waals surface area contributed by atoms with E-state index in [0.717, 1.165) is 0 Å². The van der Waals surface area contributed by atoms with Gasteiger partial charge in [-0.05, 0) is 35.9 Å². The summed E-state index contributed by atoms with van der Waals surface area (Å²) in [5, 5.41) is 12.8. The number of nitro benzene ring substituents is 1. The molecule has 1 N–H and O–H groups in total. The van der Waals surface area contributed by atoms with Gasteiger partial charge in [-0.3, -0.25) is 14.9 Å². The second-order valence-corrected chi connectivity index (χ2v) is 6.08. The Balaban J connectivity index is 2.32. The number of rotatable bonds is 4. The fraction of sp³-hybridized carbons (Fsp3) is 0.235. The highest BCUT2D eigenvalue weighted by Crippen LogP contribution is 2.37. The molecule has 0 heterocycles. The maximum absolute atomic E-state index is 12.8. The summed E-state index contributed by atoms with van der Waals surface area (Å²) >= 11 is 0. The number of benzene rings is 2. The third kappa shape index (κ3) is 5.86. The van der Waals surface area contributed by atoms with Gasteiger partial charge in [0.2, 0.25) is 0 Å². The maximum Gasteiger partial charge on any atom is 0.422 e. The highest BCUT2D eigenvalue weighted by molar-refractivity contribution is 5.95. The van der Waals surface area contributed by atoms with Crippen LogP contribution in [0.4, 0.5) is 45.2 Å². The molecule has 1 amide bonds. The zero-order chi connectivity index (χ0) is 23.8. The molecule has 0 bridgehead atoms. The van der Waals surface area contributed by atoms with Crippen LogP contribution in [-0.4, -0.2) is 10.8 Å². The lowest BCUT2D eigenvalue weighted by Gasteiger charge is -2.15. The number of hydrogen-bond donors (Lipinski definition) is 1. The largest absolute Gasteiger partial charge is 0.422 e. The summed E-state index contributed by atoms with van der Waals surface area (Å²) < 4.78 is 115. The van der Waals surface area contributed by atoms with Crippen molar-refractivity contribution < 1.29 is 49.2 Å². The molecule has 0 fully saturated rings. The molecule has 14 heteroatoms. The van der Waals surface area contributed by atoms with Crippen LogP contribution in [0, 0.1) is 10.1 Å². The quantitative estimate of drug-likeness (QED) is 0.368. The van der Waals surface area contributed by atoms with Crippen LogP contribution >= 0.6 is 0 Å². The van der Waals surface area contributed by atoms with Crippen LogP contribution in [0.1, 0.15) is 32.6 Å². The van der Waals surface area contributed by atoms with Crippen molar-refractivity contribution in [2.24, 2.45) is 0 Å². The van der Waals surface area contributed by atoms with E-state index >= 15 is 0 Å². The summed E-state index contributed by atoms with van der Waals surface area (Å²) in [7, 11) is 0. The van der Waals surface area contributed by atoms with Crippen LogP contribution in [0.25, 0.3) is 0 Å². The van der Waals surface area contributed by atoms with Crippen LogP contribution in [-0.2, 0) is 25.1 Å². The van der Waals surface area contributed by atoms with Crippen LogP contribution in [0.2, 0.25) is 0 Å². The van der Waals surface area contributed by atoms with Crippen molar-refractivity contribution in [3.05, 3.63) is 74.3 Å². The van der Waals surface area contributed by atoms with Crippen molar-refractivity contribution in [2.75, 3.05) is 0 Å². The first-order valence-electron chi connectivity index (χ1n) is 7.92. The molecule has 2 aromatic rings. The lowest BCUT2D eigenvalue weighted by Crippen LogP contribution is -2.24. The molecule has 2 aromatic carbocycles. The Morgan fingerprint density at radius 1 is 0.839 bits per heavy atom. The zero-order valence-corrected chi connectivity index (χ0v) is 14.7. The van der Waals surface area contributed by atoms with Crippen molar-refractivity contribution in [3.63, 3.8) is 0 Å². The fourth-order valence-electron chi connectivity index (χ4n) is 2.47. The number of amides is 1. The highest BCUT2D eigenvalue weighted by Gasteiger charge is 2.39. The average molecular weight is 460 g/mol. The van der Waals surface area contributed by atoms with Crippen molar-refractivity contribution in [1.29, 1.82) is 0 Å². The molecule has 0 aliphatic carbocycles. The maximum atomic E-state index is 12.8. The number of nitrogens with one attached hydrogen (secondary N) is 1. The predicted octanol–water partition coefficient (Wildman–Crippen LogP) is 5.58. The van der Waals surface area contributed by atoms with Crippen LogP contribution in [0.15, 0.2) is 36.4 Å². The standard InChI is InChI=1S/C17H9F9N2O3/c18-15(19,20)10-3-8(4-11(6-10)16(21,22)23)7-27-14(29)9-1-2-12(17(24,25)26)13(5-9)28(30)31/h1-6H,7H2,(H,27,29).